The summed E-state index contributed by atoms with van der Waals surface area (Å²) >= 11 is 0. The number of carbonyl (C=O) groups is 2. The van der Waals surface area contributed by atoms with E-state index in [9.17, 15) is 9.59 Å². The Balaban J connectivity index is 1.51. The van der Waals surface area contributed by atoms with Gasteiger partial charge < -0.3 is 15.4 Å². The van der Waals surface area contributed by atoms with Gasteiger partial charge in [-0.15, -0.1) is 0 Å². The molecule has 0 aliphatic carbocycles. The molecule has 0 radical (unpaired) electrons. The van der Waals surface area contributed by atoms with Crippen molar-refractivity contribution in [2.24, 2.45) is 0 Å². The zero-order valence-corrected chi connectivity index (χ0v) is 14.9. The largest absolute Gasteiger partial charge is 0.484 e. The minimum atomic E-state index is -0.130. The normalized spacial score (nSPS) is 19.6. The summed E-state index contributed by atoms with van der Waals surface area (Å²) in [7, 11) is 0. The number of benzene rings is 2. The van der Waals surface area contributed by atoms with Crippen LogP contribution in [-0.4, -0.2) is 36.9 Å². The first-order valence-corrected chi connectivity index (χ1v) is 8.99. The molecule has 3 rings (SSSR count). The summed E-state index contributed by atoms with van der Waals surface area (Å²) in [6.45, 7) is 3.04. The SMILES string of the molecule is CC1NCCCC1NC(=O)COc1ccc(C(=O)c2ccccc2)cc1. The average Bonchev–Trinajstić information content (AvgIpc) is 2.69. The lowest BCUT2D eigenvalue weighted by molar-refractivity contribution is -0.124. The number of nitrogens with one attached hydrogen (secondary N) is 2. The fraction of sp³-hybridized carbons (Fsp3) is 0.333. The van der Waals surface area contributed by atoms with Gasteiger partial charge in [0.25, 0.3) is 5.91 Å². The molecule has 1 heterocycles. The van der Waals surface area contributed by atoms with E-state index in [-0.39, 0.29) is 30.4 Å². The Morgan fingerprint density at radius 3 is 2.46 bits per heavy atom. The van der Waals surface area contributed by atoms with Gasteiger partial charge in [0.1, 0.15) is 5.75 Å². The predicted octanol–water partition coefficient (Wildman–Crippen LogP) is 2.55. The second-order valence-corrected chi connectivity index (χ2v) is 6.57. The van der Waals surface area contributed by atoms with E-state index in [2.05, 4.69) is 17.6 Å². The summed E-state index contributed by atoms with van der Waals surface area (Å²) in [5.74, 6) is 0.406. The molecule has 136 valence electrons. The lowest BCUT2D eigenvalue weighted by Gasteiger charge is -2.30. The molecule has 1 amide bonds. The molecule has 0 spiro atoms. The van der Waals surface area contributed by atoms with Gasteiger partial charge in [-0.05, 0) is 50.6 Å². The molecular weight excluding hydrogens is 328 g/mol. The number of piperidine rings is 1. The van der Waals surface area contributed by atoms with Crippen molar-refractivity contribution in [3.05, 3.63) is 65.7 Å². The van der Waals surface area contributed by atoms with Gasteiger partial charge in [-0.25, -0.2) is 0 Å². The van der Waals surface area contributed by atoms with E-state index in [1.807, 2.05) is 18.2 Å². The summed E-state index contributed by atoms with van der Waals surface area (Å²) in [4.78, 5) is 24.4. The minimum Gasteiger partial charge on any atom is -0.484 e. The second kappa shape index (κ2) is 8.63. The number of ketones is 1. The summed E-state index contributed by atoms with van der Waals surface area (Å²) in [6, 6.07) is 16.4. The van der Waals surface area contributed by atoms with Crippen LogP contribution in [0, 0.1) is 0 Å². The lowest BCUT2D eigenvalue weighted by atomic mass is 10.00. The van der Waals surface area contributed by atoms with Crippen LogP contribution in [0.25, 0.3) is 0 Å². The van der Waals surface area contributed by atoms with E-state index in [0.717, 1.165) is 19.4 Å². The molecule has 1 fully saturated rings. The number of ether oxygens (including phenoxy) is 1. The quantitative estimate of drug-likeness (QED) is 0.784. The highest BCUT2D eigenvalue weighted by Gasteiger charge is 2.22. The molecule has 0 aromatic heterocycles. The van der Waals surface area contributed by atoms with Gasteiger partial charge in [0.05, 0.1) is 0 Å². The molecule has 1 saturated heterocycles. The highest BCUT2D eigenvalue weighted by molar-refractivity contribution is 6.08. The Kier molecular flexibility index (Phi) is 6.02. The highest BCUT2D eigenvalue weighted by atomic mass is 16.5. The highest BCUT2D eigenvalue weighted by Crippen LogP contribution is 2.15. The molecular formula is C21H24N2O3. The van der Waals surface area contributed by atoms with Crippen LogP contribution in [0.2, 0.25) is 0 Å². The molecule has 2 aromatic rings. The van der Waals surface area contributed by atoms with E-state index >= 15 is 0 Å². The van der Waals surface area contributed by atoms with Gasteiger partial charge in [0, 0.05) is 23.2 Å². The zero-order chi connectivity index (χ0) is 18.4. The third-order valence-corrected chi connectivity index (χ3v) is 4.63. The molecule has 2 aromatic carbocycles. The van der Waals surface area contributed by atoms with Crippen molar-refractivity contribution in [3.63, 3.8) is 0 Å². The Morgan fingerprint density at radius 1 is 1.08 bits per heavy atom. The van der Waals surface area contributed by atoms with Crippen LogP contribution in [0.5, 0.6) is 5.75 Å². The van der Waals surface area contributed by atoms with E-state index < -0.39 is 0 Å². The second-order valence-electron chi connectivity index (χ2n) is 6.57. The molecule has 0 saturated carbocycles. The van der Waals surface area contributed by atoms with E-state index in [1.54, 1.807) is 36.4 Å². The number of rotatable bonds is 6. The van der Waals surface area contributed by atoms with Crippen LogP contribution in [0.4, 0.5) is 0 Å². The third-order valence-electron chi connectivity index (χ3n) is 4.63. The van der Waals surface area contributed by atoms with Crippen LogP contribution in [-0.2, 0) is 4.79 Å². The monoisotopic (exact) mass is 352 g/mol. The van der Waals surface area contributed by atoms with Crippen molar-refractivity contribution >= 4 is 11.7 Å². The van der Waals surface area contributed by atoms with Crippen LogP contribution in [0.3, 0.4) is 0 Å². The fourth-order valence-corrected chi connectivity index (χ4v) is 3.10. The number of carbonyl (C=O) groups excluding carboxylic acids is 2. The summed E-state index contributed by atoms with van der Waals surface area (Å²) < 4.78 is 5.54. The maximum absolute atomic E-state index is 12.4. The van der Waals surface area contributed by atoms with E-state index in [4.69, 9.17) is 4.74 Å². The van der Waals surface area contributed by atoms with Crippen molar-refractivity contribution in [3.8, 4) is 5.75 Å². The van der Waals surface area contributed by atoms with E-state index in [1.165, 1.54) is 0 Å². The Hall–Kier alpha value is -2.66. The van der Waals surface area contributed by atoms with Gasteiger partial charge in [0.2, 0.25) is 0 Å². The molecule has 2 N–H and O–H groups in total. The molecule has 2 atom stereocenters. The van der Waals surface area contributed by atoms with Crippen LogP contribution < -0.4 is 15.4 Å². The average molecular weight is 352 g/mol. The Bertz CT molecular complexity index is 744. The standard InChI is InChI=1S/C21H24N2O3/c1-15-19(8-5-13-22-15)23-20(24)14-26-18-11-9-17(10-12-18)21(25)16-6-3-2-4-7-16/h2-4,6-7,9-12,15,19,22H,5,8,13-14H2,1H3,(H,23,24). The van der Waals surface area contributed by atoms with Gasteiger partial charge in [-0.2, -0.15) is 0 Å². The molecule has 1 aliphatic rings. The van der Waals surface area contributed by atoms with Crippen molar-refractivity contribution < 1.29 is 14.3 Å². The molecule has 1 aliphatic heterocycles. The van der Waals surface area contributed by atoms with Crippen molar-refractivity contribution in [1.82, 2.24) is 10.6 Å². The molecule has 0 bridgehead atoms. The van der Waals surface area contributed by atoms with Crippen LogP contribution in [0.15, 0.2) is 54.6 Å². The van der Waals surface area contributed by atoms with Crippen molar-refractivity contribution in [2.75, 3.05) is 13.2 Å². The summed E-state index contributed by atoms with van der Waals surface area (Å²) in [5, 5.41) is 6.36. The number of hydrogen-bond acceptors (Lipinski definition) is 4. The zero-order valence-electron chi connectivity index (χ0n) is 14.9. The first-order chi connectivity index (χ1) is 12.6. The lowest BCUT2D eigenvalue weighted by Crippen LogP contribution is -2.52. The molecule has 26 heavy (non-hydrogen) atoms. The van der Waals surface area contributed by atoms with Crippen molar-refractivity contribution in [2.45, 2.75) is 31.8 Å². The van der Waals surface area contributed by atoms with Crippen LogP contribution in [0.1, 0.15) is 35.7 Å². The van der Waals surface area contributed by atoms with E-state index in [0.29, 0.717) is 16.9 Å². The molecule has 2 unspecified atom stereocenters. The summed E-state index contributed by atoms with van der Waals surface area (Å²) in [5.41, 5.74) is 1.24. The predicted molar refractivity (Wildman–Crippen MR) is 100 cm³/mol. The first-order valence-electron chi connectivity index (χ1n) is 8.99. The smallest absolute Gasteiger partial charge is 0.258 e. The third kappa shape index (κ3) is 4.70. The molecule has 5 heteroatoms. The Labute approximate surface area is 153 Å². The maximum atomic E-state index is 12.4. The van der Waals surface area contributed by atoms with Gasteiger partial charge >= 0.3 is 0 Å². The van der Waals surface area contributed by atoms with Gasteiger partial charge in [0.15, 0.2) is 12.4 Å². The Morgan fingerprint density at radius 2 is 1.77 bits per heavy atom. The maximum Gasteiger partial charge on any atom is 0.258 e. The number of amides is 1. The summed E-state index contributed by atoms with van der Waals surface area (Å²) in [6.07, 6.45) is 2.04. The topological polar surface area (TPSA) is 67.4 Å². The van der Waals surface area contributed by atoms with Crippen LogP contribution >= 0.6 is 0 Å². The minimum absolute atomic E-state index is 0.0325. The first kappa shape index (κ1) is 18.1. The van der Waals surface area contributed by atoms with Gasteiger partial charge in [-0.1, -0.05) is 30.3 Å². The number of hydrogen-bond donors (Lipinski definition) is 2. The van der Waals surface area contributed by atoms with Gasteiger partial charge in [-0.3, -0.25) is 9.59 Å². The molecule has 5 nitrogen and oxygen atoms in total. The van der Waals surface area contributed by atoms with Crippen molar-refractivity contribution in [1.29, 1.82) is 0 Å². The fourth-order valence-electron chi connectivity index (χ4n) is 3.10.